The van der Waals surface area contributed by atoms with Crippen molar-refractivity contribution in [1.82, 2.24) is 20.3 Å². The number of rotatable bonds is 7. The van der Waals surface area contributed by atoms with Crippen molar-refractivity contribution >= 4 is 5.91 Å². The summed E-state index contributed by atoms with van der Waals surface area (Å²) in [6.07, 6.45) is 1.79. The van der Waals surface area contributed by atoms with E-state index in [4.69, 9.17) is 9.26 Å². The van der Waals surface area contributed by atoms with Crippen molar-refractivity contribution in [2.75, 3.05) is 0 Å². The van der Waals surface area contributed by atoms with E-state index in [1.54, 1.807) is 13.1 Å². The van der Waals surface area contributed by atoms with Gasteiger partial charge >= 0.3 is 0 Å². The number of carbonyl (C=O) groups is 1. The number of aryl methyl sites for hydroxylation is 3. The zero-order chi connectivity index (χ0) is 20.3. The minimum atomic E-state index is -0.295. The molecule has 2 aromatic heterocycles. The molecule has 0 saturated heterocycles. The molecule has 0 aliphatic heterocycles. The molecule has 1 amide bonds. The van der Waals surface area contributed by atoms with Crippen LogP contribution in [0.3, 0.4) is 0 Å². The first-order valence-electron chi connectivity index (χ1n) is 9.39. The van der Waals surface area contributed by atoms with Gasteiger partial charge in [-0.2, -0.15) is 5.10 Å². The molecule has 1 atom stereocenters. The molecular weight excluding hydrogens is 356 g/mol. The summed E-state index contributed by atoms with van der Waals surface area (Å²) in [5.41, 5.74) is 3.94. The van der Waals surface area contributed by atoms with Crippen molar-refractivity contribution < 1.29 is 14.1 Å². The van der Waals surface area contributed by atoms with Crippen LogP contribution in [0.25, 0.3) is 0 Å². The number of para-hydroxylation sites is 1. The molecule has 2 heterocycles. The maximum absolute atomic E-state index is 12.8. The highest BCUT2D eigenvalue weighted by Crippen LogP contribution is 2.22. The minimum Gasteiger partial charge on any atom is -0.488 e. The number of aromatic nitrogens is 3. The first-order chi connectivity index (χ1) is 13.4. The van der Waals surface area contributed by atoms with Crippen LogP contribution in [0, 0.1) is 20.8 Å². The molecule has 0 bridgehead atoms. The van der Waals surface area contributed by atoms with Crippen LogP contribution in [-0.2, 0) is 13.2 Å². The van der Waals surface area contributed by atoms with Crippen LogP contribution < -0.4 is 10.1 Å². The van der Waals surface area contributed by atoms with Gasteiger partial charge in [0.2, 0.25) is 0 Å². The van der Waals surface area contributed by atoms with Crippen molar-refractivity contribution in [2.24, 2.45) is 0 Å². The Kier molecular flexibility index (Phi) is 5.82. The van der Waals surface area contributed by atoms with E-state index in [0.717, 1.165) is 29.1 Å². The van der Waals surface area contributed by atoms with Crippen molar-refractivity contribution in [1.29, 1.82) is 0 Å². The average Bonchev–Trinajstić information content (AvgIpc) is 3.23. The number of hydrogen-bond donors (Lipinski definition) is 1. The fourth-order valence-corrected chi connectivity index (χ4v) is 3.16. The SMILES string of the molecule is CCn1ncc(C(C)NC(=O)c2noc(C)c2COc2ccccc2C)c1C. The smallest absolute Gasteiger partial charge is 0.274 e. The molecule has 0 aliphatic carbocycles. The average molecular weight is 382 g/mol. The first-order valence-corrected chi connectivity index (χ1v) is 9.39. The normalized spacial score (nSPS) is 12.0. The summed E-state index contributed by atoms with van der Waals surface area (Å²) in [6, 6.07) is 7.54. The summed E-state index contributed by atoms with van der Waals surface area (Å²) in [7, 11) is 0. The van der Waals surface area contributed by atoms with Gasteiger partial charge in [-0.15, -0.1) is 0 Å². The highest BCUT2D eigenvalue weighted by Gasteiger charge is 2.23. The zero-order valence-corrected chi connectivity index (χ0v) is 16.9. The van der Waals surface area contributed by atoms with Gasteiger partial charge in [-0.25, -0.2) is 0 Å². The molecule has 7 nitrogen and oxygen atoms in total. The third-order valence-electron chi connectivity index (χ3n) is 4.92. The number of nitrogens with zero attached hydrogens (tertiary/aromatic N) is 3. The van der Waals surface area contributed by atoms with Crippen LogP contribution in [0.1, 0.15) is 58.5 Å². The third kappa shape index (κ3) is 3.93. The maximum Gasteiger partial charge on any atom is 0.274 e. The molecule has 28 heavy (non-hydrogen) atoms. The molecular formula is C21H26N4O3. The lowest BCUT2D eigenvalue weighted by Gasteiger charge is -2.14. The summed E-state index contributed by atoms with van der Waals surface area (Å²) in [4.78, 5) is 12.8. The van der Waals surface area contributed by atoms with Crippen LogP contribution in [0.15, 0.2) is 35.0 Å². The van der Waals surface area contributed by atoms with Crippen molar-refractivity contribution in [2.45, 2.75) is 53.8 Å². The predicted molar refractivity (Wildman–Crippen MR) is 105 cm³/mol. The molecule has 0 aliphatic rings. The number of amides is 1. The Balaban J connectivity index is 1.74. The monoisotopic (exact) mass is 382 g/mol. The second kappa shape index (κ2) is 8.29. The summed E-state index contributed by atoms with van der Waals surface area (Å²) >= 11 is 0. The van der Waals surface area contributed by atoms with E-state index in [-0.39, 0.29) is 24.2 Å². The third-order valence-corrected chi connectivity index (χ3v) is 4.92. The van der Waals surface area contributed by atoms with Gasteiger partial charge in [-0.05, 0) is 46.2 Å². The molecule has 1 aromatic carbocycles. The van der Waals surface area contributed by atoms with Crippen LogP contribution >= 0.6 is 0 Å². The minimum absolute atomic E-state index is 0.199. The Morgan fingerprint density at radius 1 is 1.29 bits per heavy atom. The van der Waals surface area contributed by atoms with Gasteiger partial charge in [0.25, 0.3) is 5.91 Å². The zero-order valence-electron chi connectivity index (χ0n) is 16.9. The fraction of sp³-hybridized carbons (Fsp3) is 0.381. The molecule has 0 spiro atoms. The molecule has 0 saturated carbocycles. The summed E-state index contributed by atoms with van der Waals surface area (Å²) in [6.45, 7) is 10.7. The van der Waals surface area contributed by atoms with E-state index in [0.29, 0.717) is 11.3 Å². The standard InChI is InChI=1S/C21H26N4O3/c1-6-25-15(4)17(11-22-25)14(3)23-21(26)20-18(16(5)28-24-20)12-27-19-10-8-7-9-13(19)2/h7-11,14H,6,12H2,1-5H3,(H,23,26). The number of nitrogens with one attached hydrogen (secondary N) is 1. The Bertz CT molecular complexity index is 974. The van der Waals surface area contributed by atoms with Crippen LogP contribution in [-0.4, -0.2) is 20.8 Å². The van der Waals surface area contributed by atoms with Gasteiger partial charge in [-0.1, -0.05) is 23.4 Å². The molecule has 3 aromatic rings. The lowest BCUT2D eigenvalue weighted by Crippen LogP contribution is -2.28. The fourth-order valence-electron chi connectivity index (χ4n) is 3.16. The van der Waals surface area contributed by atoms with E-state index < -0.39 is 0 Å². The van der Waals surface area contributed by atoms with E-state index in [2.05, 4.69) is 15.6 Å². The van der Waals surface area contributed by atoms with E-state index in [9.17, 15) is 4.79 Å². The largest absolute Gasteiger partial charge is 0.488 e. The highest BCUT2D eigenvalue weighted by molar-refractivity contribution is 5.94. The van der Waals surface area contributed by atoms with Gasteiger partial charge in [0.1, 0.15) is 18.1 Å². The molecule has 148 valence electrons. The Morgan fingerprint density at radius 2 is 2.04 bits per heavy atom. The topological polar surface area (TPSA) is 82.2 Å². The maximum atomic E-state index is 12.8. The molecule has 0 fully saturated rings. The summed E-state index contributed by atoms with van der Waals surface area (Å²) in [5.74, 6) is 1.04. The number of ether oxygens (including phenoxy) is 1. The Morgan fingerprint density at radius 3 is 2.71 bits per heavy atom. The van der Waals surface area contributed by atoms with E-state index >= 15 is 0 Å². The second-order valence-corrected chi connectivity index (χ2v) is 6.82. The highest BCUT2D eigenvalue weighted by atomic mass is 16.5. The summed E-state index contributed by atoms with van der Waals surface area (Å²) in [5, 5.41) is 11.3. The van der Waals surface area contributed by atoms with Gasteiger partial charge in [-0.3, -0.25) is 9.48 Å². The van der Waals surface area contributed by atoms with Crippen LogP contribution in [0.2, 0.25) is 0 Å². The van der Waals surface area contributed by atoms with Crippen LogP contribution in [0.4, 0.5) is 0 Å². The first kappa shape index (κ1) is 19.7. The van der Waals surface area contributed by atoms with Gasteiger partial charge < -0.3 is 14.6 Å². The molecule has 1 N–H and O–H groups in total. The number of carbonyl (C=O) groups excluding carboxylic acids is 1. The Hall–Kier alpha value is -3.09. The van der Waals surface area contributed by atoms with Crippen molar-refractivity contribution in [3.8, 4) is 5.75 Å². The quantitative estimate of drug-likeness (QED) is 0.670. The number of hydrogen-bond acceptors (Lipinski definition) is 5. The Labute approximate surface area is 164 Å². The van der Waals surface area contributed by atoms with E-state index in [1.165, 1.54) is 0 Å². The molecule has 1 unspecified atom stereocenters. The second-order valence-electron chi connectivity index (χ2n) is 6.82. The van der Waals surface area contributed by atoms with Gasteiger partial charge in [0.15, 0.2) is 5.69 Å². The summed E-state index contributed by atoms with van der Waals surface area (Å²) < 4.78 is 13.0. The van der Waals surface area contributed by atoms with E-state index in [1.807, 2.05) is 56.6 Å². The lowest BCUT2D eigenvalue weighted by molar-refractivity contribution is 0.0928. The molecule has 3 rings (SSSR count). The van der Waals surface area contributed by atoms with Crippen molar-refractivity contribution in [3.05, 3.63) is 64.3 Å². The predicted octanol–water partition coefficient (Wildman–Crippen LogP) is 3.89. The van der Waals surface area contributed by atoms with Gasteiger partial charge in [0, 0.05) is 17.8 Å². The molecule has 0 radical (unpaired) electrons. The van der Waals surface area contributed by atoms with Gasteiger partial charge in [0.05, 0.1) is 17.8 Å². The number of benzene rings is 1. The molecule has 7 heteroatoms. The lowest BCUT2D eigenvalue weighted by atomic mass is 10.1. The van der Waals surface area contributed by atoms with Crippen LogP contribution in [0.5, 0.6) is 5.75 Å². The van der Waals surface area contributed by atoms with Crippen molar-refractivity contribution in [3.63, 3.8) is 0 Å².